The second-order valence-corrected chi connectivity index (χ2v) is 7.69. The second kappa shape index (κ2) is 11.1. The van der Waals surface area contributed by atoms with Crippen LogP contribution in [0.15, 0.2) is 89.5 Å². The summed E-state index contributed by atoms with van der Waals surface area (Å²) in [6.45, 7) is 1.72. The quantitative estimate of drug-likeness (QED) is 0.233. The minimum absolute atomic E-state index is 0.0791. The zero-order valence-corrected chi connectivity index (χ0v) is 18.5. The summed E-state index contributed by atoms with van der Waals surface area (Å²) in [4.78, 5) is 25.8. The van der Waals surface area contributed by atoms with Crippen LogP contribution in [-0.4, -0.2) is 16.1 Å². The molecule has 0 aliphatic heterocycles. The molecule has 0 amide bonds. The second-order valence-electron chi connectivity index (χ2n) is 7.69. The zero-order chi connectivity index (χ0) is 22.9. The predicted octanol–water partition coefficient (Wildman–Crippen LogP) is 5.67. The van der Waals surface area contributed by atoms with Crippen molar-refractivity contribution in [2.24, 2.45) is 0 Å². The van der Waals surface area contributed by atoms with E-state index in [9.17, 15) is 4.79 Å². The molecule has 168 valence electrons. The van der Waals surface area contributed by atoms with Crippen molar-refractivity contribution in [3.63, 3.8) is 0 Å². The summed E-state index contributed by atoms with van der Waals surface area (Å²) in [5.74, 6) is 1.30. The minimum atomic E-state index is -0.406. The molecule has 1 heterocycles. The lowest BCUT2D eigenvalue weighted by molar-refractivity contribution is -0.213. The summed E-state index contributed by atoms with van der Waals surface area (Å²) >= 11 is 0. The third kappa shape index (κ3) is 6.07. The number of benzene rings is 3. The van der Waals surface area contributed by atoms with E-state index in [0.29, 0.717) is 23.9 Å². The highest BCUT2D eigenvalue weighted by atomic mass is 17.2. The van der Waals surface area contributed by atoms with Gasteiger partial charge >= 0.3 is 5.97 Å². The normalized spacial score (nSPS) is 10.8. The lowest BCUT2D eigenvalue weighted by Gasteiger charge is -2.14. The first-order valence-corrected chi connectivity index (χ1v) is 11.1. The van der Waals surface area contributed by atoms with Crippen molar-refractivity contribution in [3.05, 3.63) is 113 Å². The molecule has 0 unspecified atom stereocenters. The Balaban J connectivity index is 1.40. The van der Waals surface area contributed by atoms with Crippen molar-refractivity contribution < 1.29 is 19.1 Å². The number of nitrogens with zero attached hydrogens (tertiary/aromatic N) is 2. The van der Waals surface area contributed by atoms with Crippen LogP contribution in [0.5, 0.6) is 5.75 Å². The van der Waals surface area contributed by atoms with Crippen molar-refractivity contribution in [1.29, 1.82) is 0 Å². The van der Waals surface area contributed by atoms with E-state index in [1.807, 2.05) is 54.6 Å². The van der Waals surface area contributed by atoms with Crippen LogP contribution in [0.3, 0.4) is 0 Å². The highest BCUT2D eigenvalue weighted by molar-refractivity contribution is 5.68. The Morgan fingerprint density at radius 3 is 2.27 bits per heavy atom. The van der Waals surface area contributed by atoms with Crippen molar-refractivity contribution in [2.45, 2.75) is 38.5 Å². The molecule has 0 atom stereocenters. The maximum Gasteiger partial charge on any atom is 0.355 e. The fourth-order valence-corrected chi connectivity index (χ4v) is 3.62. The predicted molar refractivity (Wildman–Crippen MR) is 124 cm³/mol. The summed E-state index contributed by atoms with van der Waals surface area (Å²) in [5, 5.41) is 4.30. The number of hydrogen-bond donors (Lipinski definition) is 0. The Morgan fingerprint density at radius 2 is 1.61 bits per heavy atom. The van der Waals surface area contributed by atoms with Crippen molar-refractivity contribution in [3.8, 4) is 5.75 Å². The maximum atomic E-state index is 11.3. The van der Waals surface area contributed by atoms with Crippen LogP contribution in [0.4, 0.5) is 0 Å². The molecule has 1 aromatic heterocycles. The van der Waals surface area contributed by atoms with E-state index in [4.69, 9.17) is 19.3 Å². The van der Waals surface area contributed by atoms with Crippen molar-refractivity contribution in [1.82, 2.24) is 10.1 Å². The van der Waals surface area contributed by atoms with E-state index in [0.717, 1.165) is 29.5 Å². The van der Waals surface area contributed by atoms with Crippen molar-refractivity contribution >= 4 is 5.97 Å². The Morgan fingerprint density at radius 1 is 0.909 bits per heavy atom. The molecule has 0 bridgehead atoms. The Hall–Kier alpha value is -3.93. The summed E-state index contributed by atoms with van der Waals surface area (Å²) in [7, 11) is 0. The number of hydrogen-bond acceptors (Lipinski definition) is 6. The molecule has 0 spiro atoms. The largest absolute Gasteiger partial charge is 0.355 e. The summed E-state index contributed by atoms with van der Waals surface area (Å²) in [5.41, 5.74) is 3.32. The smallest absolute Gasteiger partial charge is 0.339 e. The number of rotatable bonds is 10. The Kier molecular flexibility index (Phi) is 7.48. The zero-order valence-electron chi connectivity index (χ0n) is 18.5. The van der Waals surface area contributed by atoms with Gasteiger partial charge in [0, 0.05) is 12.8 Å². The number of aryl methyl sites for hydroxylation is 2. The van der Waals surface area contributed by atoms with E-state index in [1.165, 1.54) is 0 Å². The Labute approximate surface area is 193 Å². The third-order valence-electron chi connectivity index (χ3n) is 5.28. The van der Waals surface area contributed by atoms with Gasteiger partial charge in [-0.15, -0.1) is 0 Å². The first-order valence-electron chi connectivity index (χ1n) is 11.1. The van der Waals surface area contributed by atoms with Crippen LogP contribution < -0.4 is 4.89 Å². The average Bonchev–Trinajstić information content (AvgIpc) is 3.32. The third-order valence-corrected chi connectivity index (χ3v) is 5.28. The number of aromatic nitrogens is 2. The SMILES string of the molecule is CCC(=O)OOc1cccc(CCCc2nc(C(c3ccccc3)c3ccccc3)no2)c1. The number of carbonyl (C=O) groups excluding carboxylic acids is 1. The standard InChI is InChI=1S/C27H26N2O4/c1-2-25(30)33-32-23-17-9-11-20(19-23)12-10-18-24-28-27(29-31-24)26(21-13-5-3-6-14-21)22-15-7-4-8-16-22/h3-9,11,13-17,19,26H,2,10,12,18H2,1H3. The van der Waals surface area contributed by atoms with Gasteiger partial charge < -0.3 is 4.52 Å². The molecule has 0 saturated carbocycles. The van der Waals surface area contributed by atoms with Gasteiger partial charge in [0.1, 0.15) is 0 Å². The minimum Gasteiger partial charge on any atom is -0.339 e. The molecule has 0 radical (unpaired) electrons. The van der Waals surface area contributed by atoms with Gasteiger partial charge in [0.05, 0.1) is 5.92 Å². The summed E-state index contributed by atoms with van der Waals surface area (Å²) in [6, 6.07) is 27.9. The first-order chi connectivity index (χ1) is 16.2. The van der Waals surface area contributed by atoms with Gasteiger partial charge in [0.2, 0.25) is 5.89 Å². The Bertz CT molecular complexity index is 1120. The molecular weight excluding hydrogens is 416 g/mol. The fourth-order valence-electron chi connectivity index (χ4n) is 3.62. The molecule has 0 fully saturated rings. The van der Waals surface area contributed by atoms with Crippen LogP contribution in [0, 0.1) is 0 Å². The van der Waals surface area contributed by atoms with E-state index >= 15 is 0 Å². The topological polar surface area (TPSA) is 74.5 Å². The molecule has 0 N–H and O–H groups in total. The molecule has 0 aliphatic rings. The molecule has 0 saturated heterocycles. The van der Waals surface area contributed by atoms with Gasteiger partial charge in [-0.2, -0.15) is 4.98 Å². The van der Waals surface area contributed by atoms with Gasteiger partial charge in [-0.1, -0.05) is 84.9 Å². The highest BCUT2D eigenvalue weighted by Crippen LogP contribution is 2.30. The lowest BCUT2D eigenvalue weighted by atomic mass is 9.91. The summed E-state index contributed by atoms with van der Waals surface area (Å²) < 4.78 is 5.58. The van der Waals surface area contributed by atoms with E-state index < -0.39 is 5.97 Å². The lowest BCUT2D eigenvalue weighted by Crippen LogP contribution is -2.06. The maximum absolute atomic E-state index is 11.3. The van der Waals surface area contributed by atoms with Gasteiger partial charge in [0.15, 0.2) is 11.6 Å². The molecule has 4 rings (SSSR count). The van der Waals surface area contributed by atoms with E-state index in [-0.39, 0.29) is 12.3 Å². The average molecular weight is 443 g/mol. The van der Waals surface area contributed by atoms with E-state index in [1.54, 1.807) is 13.0 Å². The molecule has 33 heavy (non-hydrogen) atoms. The van der Waals surface area contributed by atoms with Crippen molar-refractivity contribution in [2.75, 3.05) is 0 Å². The van der Waals surface area contributed by atoms with Crippen LogP contribution in [0.1, 0.15) is 54.1 Å². The monoisotopic (exact) mass is 442 g/mol. The highest BCUT2D eigenvalue weighted by Gasteiger charge is 2.22. The number of carbonyl (C=O) groups is 1. The molecular formula is C27H26N2O4. The molecule has 3 aromatic carbocycles. The van der Waals surface area contributed by atoms with Gasteiger partial charge in [-0.25, -0.2) is 4.79 Å². The van der Waals surface area contributed by atoms with Gasteiger partial charge in [0.25, 0.3) is 0 Å². The summed E-state index contributed by atoms with van der Waals surface area (Å²) in [6.07, 6.45) is 2.57. The van der Waals surface area contributed by atoms with Crippen LogP contribution in [0.25, 0.3) is 0 Å². The van der Waals surface area contributed by atoms with Crippen LogP contribution >= 0.6 is 0 Å². The fraction of sp³-hybridized carbons (Fsp3) is 0.222. The molecule has 6 nitrogen and oxygen atoms in total. The molecule has 4 aromatic rings. The van der Waals surface area contributed by atoms with Crippen LogP contribution in [-0.2, 0) is 22.5 Å². The van der Waals surface area contributed by atoms with Gasteiger partial charge in [-0.05, 0) is 41.7 Å². The van der Waals surface area contributed by atoms with Crippen LogP contribution in [0.2, 0.25) is 0 Å². The first kappa shape index (κ1) is 22.3. The molecule has 0 aliphatic carbocycles. The van der Waals surface area contributed by atoms with E-state index in [2.05, 4.69) is 29.4 Å². The van der Waals surface area contributed by atoms with Gasteiger partial charge in [-0.3, -0.25) is 9.78 Å². The molecule has 6 heteroatoms.